The molecular formula is C15H19N3O2S. The molecule has 6 heteroatoms. The molecule has 0 spiro atoms. The summed E-state index contributed by atoms with van der Waals surface area (Å²) in [7, 11) is -1.60. The van der Waals surface area contributed by atoms with E-state index in [0.717, 1.165) is 24.2 Å². The summed E-state index contributed by atoms with van der Waals surface area (Å²) in [5.41, 5.74) is 0.781. The van der Waals surface area contributed by atoms with E-state index in [1.165, 1.54) is 0 Å². The first-order valence-electron chi connectivity index (χ1n) is 7.04. The van der Waals surface area contributed by atoms with Gasteiger partial charge < -0.3 is 4.57 Å². The van der Waals surface area contributed by atoms with Crippen LogP contribution in [0.1, 0.15) is 24.2 Å². The fourth-order valence-corrected chi connectivity index (χ4v) is 4.30. The topological polar surface area (TPSA) is 55.2 Å². The molecule has 1 fully saturated rings. The molecule has 0 bridgehead atoms. The fraction of sp³-hybridized carbons (Fsp3) is 0.400. The lowest BCUT2D eigenvalue weighted by Gasteiger charge is -2.22. The van der Waals surface area contributed by atoms with Gasteiger partial charge in [0.15, 0.2) is 0 Å². The molecule has 1 aromatic heterocycles. The molecule has 0 amide bonds. The van der Waals surface area contributed by atoms with E-state index in [0.29, 0.717) is 11.4 Å². The Morgan fingerprint density at radius 2 is 2.05 bits per heavy atom. The van der Waals surface area contributed by atoms with Crippen LogP contribution in [0.2, 0.25) is 0 Å². The molecule has 3 rings (SSSR count). The third kappa shape index (κ3) is 2.73. The highest BCUT2D eigenvalue weighted by Crippen LogP contribution is 2.34. The van der Waals surface area contributed by atoms with Crippen LogP contribution in [0, 0.1) is 6.92 Å². The summed E-state index contributed by atoms with van der Waals surface area (Å²) in [6, 6.07) is 7.24. The quantitative estimate of drug-likeness (QED) is 0.850. The second-order valence-corrected chi connectivity index (χ2v) is 7.36. The Labute approximate surface area is 125 Å². The maximum atomic E-state index is 13.0. The van der Waals surface area contributed by atoms with E-state index >= 15 is 0 Å². The van der Waals surface area contributed by atoms with Crippen LogP contribution in [0.25, 0.3) is 0 Å². The number of imidazole rings is 1. The van der Waals surface area contributed by atoms with Crippen LogP contribution in [0.4, 0.5) is 0 Å². The molecule has 1 aromatic carbocycles. The van der Waals surface area contributed by atoms with Crippen LogP contribution in [0.15, 0.2) is 41.6 Å². The number of aromatic nitrogens is 2. The molecule has 0 atom stereocenters. The zero-order valence-electron chi connectivity index (χ0n) is 12.2. The Bertz CT molecular complexity index is 748. The van der Waals surface area contributed by atoms with Crippen LogP contribution in [-0.4, -0.2) is 28.3 Å². The highest BCUT2D eigenvalue weighted by atomic mass is 32.2. The Balaban J connectivity index is 1.97. The number of benzene rings is 1. The van der Waals surface area contributed by atoms with Gasteiger partial charge in [-0.05, 0) is 31.4 Å². The average Bonchev–Trinajstić information content (AvgIpc) is 3.20. The summed E-state index contributed by atoms with van der Waals surface area (Å²) in [5, 5.41) is 0. The molecule has 5 nitrogen and oxygen atoms in total. The van der Waals surface area contributed by atoms with Crippen molar-refractivity contribution in [1.29, 1.82) is 0 Å². The summed E-state index contributed by atoms with van der Waals surface area (Å²) in [4.78, 5) is 4.65. The van der Waals surface area contributed by atoms with Gasteiger partial charge in [-0.2, -0.15) is 4.31 Å². The van der Waals surface area contributed by atoms with E-state index in [-0.39, 0.29) is 6.04 Å². The lowest BCUT2D eigenvalue weighted by atomic mass is 10.2. The van der Waals surface area contributed by atoms with E-state index < -0.39 is 10.0 Å². The van der Waals surface area contributed by atoms with Crippen LogP contribution >= 0.6 is 0 Å². The molecule has 1 heterocycles. The Morgan fingerprint density at radius 1 is 1.33 bits per heavy atom. The smallest absolute Gasteiger partial charge is 0.243 e. The molecule has 2 aromatic rings. The Kier molecular flexibility index (Phi) is 3.59. The van der Waals surface area contributed by atoms with Crippen LogP contribution in [-0.2, 0) is 23.6 Å². The van der Waals surface area contributed by atoms with Crippen molar-refractivity contribution in [3.8, 4) is 0 Å². The molecule has 0 aliphatic heterocycles. The highest BCUT2D eigenvalue weighted by Gasteiger charge is 2.39. The monoisotopic (exact) mass is 305 g/mol. The molecule has 0 unspecified atom stereocenters. The van der Waals surface area contributed by atoms with Gasteiger partial charge in [0.2, 0.25) is 10.0 Å². The maximum Gasteiger partial charge on any atom is 0.243 e. The molecule has 1 aliphatic carbocycles. The van der Waals surface area contributed by atoms with Gasteiger partial charge in [0.25, 0.3) is 0 Å². The second kappa shape index (κ2) is 5.27. The van der Waals surface area contributed by atoms with Crippen molar-refractivity contribution in [1.82, 2.24) is 13.9 Å². The second-order valence-electron chi connectivity index (χ2n) is 5.50. The lowest BCUT2D eigenvalue weighted by molar-refractivity contribution is 0.385. The summed E-state index contributed by atoms with van der Waals surface area (Å²) < 4.78 is 29.4. The number of hydrogen-bond acceptors (Lipinski definition) is 3. The predicted octanol–water partition coefficient (Wildman–Crippen LogP) is 2.08. The van der Waals surface area contributed by atoms with Gasteiger partial charge in [0.05, 0.1) is 11.4 Å². The van der Waals surface area contributed by atoms with E-state index in [1.54, 1.807) is 22.6 Å². The largest absolute Gasteiger partial charge is 0.337 e. The van der Waals surface area contributed by atoms with E-state index in [2.05, 4.69) is 4.98 Å². The number of rotatable bonds is 5. The SMILES string of the molecule is Cc1ccccc1S(=O)(=O)N(Cc1nccn1C)C1CC1. The number of aryl methyl sites for hydroxylation is 2. The van der Waals surface area contributed by atoms with Gasteiger partial charge in [-0.25, -0.2) is 13.4 Å². The summed E-state index contributed by atoms with van der Waals surface area (Å²) in [5.74, 6) is 0.763. The molecule has 0 N–H and O–H groups in total. The van der Waals surface area contributed by atoms with Crippen molar-refractivity contribution in [2.75, 3.05) is 0 Å². The summed E-state index contributed by atoms with van der Waals surface area (Å²) >= 11 is 0. The lowest BCUT2D eigenvalue weighted by Crippen LogP contribution is -2.34. The zero-order valence-corrected chi connectivity index (χ0v) is 13.0. The summed E-state index contributed by atoms with van der Waals surface area (Å²) in [6.07, 6.45) is 5.38. The molecule has 1 aliphatic rings. The van der Waals surface area contributed by atoms with Gasteiger partial charge in [0, 0.05) is 25.5 Å². The summed E-state index contributed by atoms with van der Waals surface area (Å²) in [6.45, 7) is 2.16. The first-order chi connectivity index (χ1) is 10.00. The molecule has 21 heavy (non-hydrogen) atoms. The van der Waals surface area contributed by atoms with Gasteiger partial charge in [0.1, 0.15) is 5.82 Å². The van der Waals surface area contributed by atoms with E-state index in [1.807, 2.05) is 36.9 Å². The zero-order chi connectivity index (χ0) is 15.0. The number of hydrogen-bond donors (Lipinski definition) is 0. The van der Waals surface area contributed by atoms with Crippen molar-refractivity contribution in [3.63, 3.8) is 0 Å². The standard InChI is InChI=1S/C15H19N3O2S/c1-12-5-3-4-6-14(12)21(19,20)18(13-7-8-13)11-15-16-9-10-17(15)2/h3-6,9-10,13H,7-8,11H2,1-2H3. The first-order valence-corrected chi connectivity index (χ1v) is 8.48. The van der Waals surface area contributed by atoms with E-state index in [4.69, 9.17) is 0 Å². The highest BCUT2D eigenvalue weighted by molar-refractivity contribution is 7.89. The molecule has 112 valence electrons. The van der Waals surface area contributed by atoms with Gasteiger partial charge in [-0.1, -0.05) is 18.2 Å². The Hall–Kier alpha value is -1.66. The normalized spacial score (nSPS) is 15.6. The molecular weight excluding hydrogens is 286 g/mol. The van der Waals surface area contributed by atoms with Crippen molar-refractivity contribution in [2.45, 2.75) is 37.2 Å². The third-order valence-electron chi connectivity index (χ3n) is 3.85. The maximum absolute atomic E-state index is 13.0. The van der Waals surface area contributed by atoms with Crippen LogP contribution in [0.5, 0.6) is 0 Å². The fourth-order valence-electron chi connectivity index (χ4n) is 2.43. The number of nitrogens with zero attached hydrogens (tertiary/aromatic N) is 3. The Morgan fingerprint density at radius 3 is 2.62 bits per heavy atom. The van der Waals surface area contributed by atoms with Crippen molar-refractivity contribution < 1.29 is 8.42 Å². The molecule has 1 saturated carbocycles. The number of sulfonamides is 1. The van der Waals surface area contributed by atoms with Gasteiger partial charge in [-0.3, -0.25) is 0 Å². The molecule has 0 saturated heterocycles. The van der Waals surface area contributed by atoms with Crippen molar-refractivity contribution >= 4 is 10.0 Å². The minimum atomic E-state index is -3.48. The minimum absolute atomic E-state index is 0.103. The van der Waals surface area contributed by atoms with Gasteiger partial charge in [-0.15, -0.1) is 0 Å². The minimum Gasteiger partial charge on any atom is -0.337 e. The van der Waals surface area contributed by atoms with Gasteiger partial charge >= 0.3 is 0 Å². The van der Waals surface area contributed by atoms with Crippen molar-refractivity contribution in [2.24, 2.45) is 7.05 Å². The van der Waals surface area contributed by atoms with Crippen molar-refractivity contribution in [3.05, 3.63) is 48.0 Å². The predicted molar refractivity (Wildman–Crippen MR) is 80.1 cm³/mol. The van der Waals surface area contributed by atoms with Crippen LogP contribution in [0.3, 0.4) is 0 Å². The average molecular weight is 305 g/mol. The van der Waals surface area contributed by atoms with E-state index in [9.17, 15) is 8.42 Å². The first kappa shape index (κ1) is 14.3. The molecule has 0 radical (unpaired) electrons. The van der Waals surface area contributed by atoms with Crippen LogP contribution < -0.4 is 0 Å². The third-order valence-corrected chi connectivity index (χ3v) is 5.91.